The summed E-state index contributed by atoms with van der Waals surface area (Å²) in [6, 6.07) is 9.89. The van der Waals surface area contributed by atoms with Gasteiger partial charge in [-0.2, -0.15) is 0 Å². The van der Waals surface area contributed by atoms with E-state index in [0.29, 0.717) is 0 Å². The number of aliphatic hydroxyl groups is 1. The lowest BCUT2D eigenvalue weighted by atomic mass is 9.87. The number of rotatable bonds is 5. The maximum atomic E-state index is 10.9. The zero-order valence-electron chi connectivity index (χ0n) is 12.8. The molecule has 1 aromatic heterocycles. The van der Waals surface area contributed by atoms with Gasteiger partial charge in [-0.15, -0.1) is 0 Å². The minimum absolute atomic E-state index is 0.312. The molecule has 0 bridgehead atoms. The highest BCUT2D eigenvalue weighted by Crippen LogP contribution is 2.34. The average Bonchev–Trinajstić information content (AvgIpc) is 2.47. The highest BCUT2D eigenvalue weighted by Gasteiger charge is 2.34. The van der Waals surface area contributed by atoms with Crippen LogP contribution in [0.4, 0.5) is 0 Å². The zero-order chi connectivity index (χ0) is 14.8. The van der Waals surface area contributed by atoms with Gasteiger partial charge in [-0.1, -0.05) is 32.0 Å². The standard InChI is InChI=1S/C17H24N2O/c1-5-19(6-2)17(3,4)16(20)14-9-7-11-15-13(14)10-8-12-18-15/h7-12,16,20H,5-6H2,1-4H3. The van der Waals surface area contributed by atoms with Gasteiger partial charge in [-0.05, 0) is 44.6 Å². The Balaban J connectivity index is 2.48. The Morgan fingerprint density at radius 2 is 1.85 bits per heavy atom. The molecule has 2 rings (SSSR count). The normalized spacial score (nSPS) is 13.9. The lowest BCUT2D eigenvalue weighted by Crippen LogP contribution is -2.48. The summed E-state index contributed by atoms with van der Waals surface area (Å²) in [6.45, 7) is 10.3. The molecule has 0 fully saturated rings. The van der Waals surface area contributed by atoms with Crippen molar-refractivity contribution in [1.29, 1.82) is 0 Å². The lowest BCUT2D eigenvalue weighted by molar-refractivity contribution is -0.00545. The van der Waals surface area contributed by atoms with Gasteiger partial charge in [-0.25, -0.2) is 0 Å². The fraction of sp³-hybridized carbons (Fsp3) is 0.471. The summed E-state index contributed by atoms with van der Waals surface area (Å²) < 4.78 is 0. The minimum atomic E-state index is -0.546. The fourth-order valence-corrected chi connectivity index (χ4v) is 2.96. The Hall–Kier alpha value is -1.45. The van der Waals surface area contributed by atoms with Gasteiger partial charge in [-0.3, -0.25) is 9.88 Å². The zero-order valence-corrected chi connectivity index (χ0v) is 12.8. The van der Waals surface area contributed by atoms with E-state index in [-0.39, 0.29) is 5.54 Å². The maximum absolute atomic E-state index is 10.9. The Morgan fingerprint density at radius 3 is 2.50 bits per heavy atom. The molecule has 0 aliphatic heterocycles. The van der Waals surface area contributed by atoms with Crippen molar-refractivity contribution >= 4 is 10.9 Å². The first-order valence-corrected chi connectivity index (χ1v) is 7.29. The molecule has 1 atom stereocenters. The molecule has 0 amide bonds. The second-order valence-electron chi connectivity index (χ2n) is 5.65. The van der Waals surface area contributed by atoms with Crippen molar-refractivity contribution in [2.45, 2.75) is 39.3 Å². The van der Waals surface area contributed by atoms with Gasteiger partial charge in [0.25, 0.3) is 0 Å². The van der Waals surface area contributed by atoms with Crippen LogP contribution >= 0.6 is 0 Å². The first-order valence-electron chi connectivity index (χ1n) is 7.29. The van der Waals surface area contributed by atoms with Gasteiger partial charge in [0, 0.05) is 17.1 Å². The third kappa shape index (κ3) is 2.56. The average molecular weight is 272 g/mol. The molecule has 1 N–H and O–H groups in total. The van der Waals surface area contributed by atoms with E-state index in [9.17, 15) is 5.11 Å². The molecule has 0 radical (unpaired) electrons. The van der Waals surface area contributed by atoms with Crippen LogP contribution in [0.3, 0.4) is 0 Å². The third-order valence-corrected chi connectivity index (χ3v) is 4.22. The van der Waals surface area contributed by atoms with Crippen LogP contribution in [0.1, 0.15) is 39.4 Å². The van der Waals surface area contributed by atoms with Crippen molar-refractivity contribution in [3.63, 3.8) is 0 Å². The summed E-state index contributed by atoms with van der Waals surface area (Å²) in [7, 11) is 0. The number of likely N-dealkylation sites (N-methyl/N-ethyl adjacent to an activating group) is 1. The summed E-state index contributed by atoms with van der Waals surface area (Å²) in [6.07, 6.45) is 1.24. The Kier molecular flexibility index (Phi) is 4.41. The molecule has 0 aliphatic rings. The number of benzene rings is 1. The third-order valence-electron chi connectivity index (χ3n) is 4.22. The number of hydrogen-bond donors (Lipinski definition) is 1. The highest BCUT2D eigenvalue weighted by atomic mass is 16.3. The van der Waals surface area contributed by atoms with E-state index in [0.717, 1.165) is 29.6 Å². The lowest BCUT2D eigenvalue weighted by Gasteiger charge is -2.41. The summed E-state index contributed by atoms with van der Waals surface area (Å²) in [5.41, 5.74) is 1.57. The van der Waals surface area contributed by atoms with Crippen molar-refractivity contribution < 1.29 is 5.11 Å². The van der Waals surface area contributed by atoms with Crippen LogP contribution in [0.5, 0.6) is 0 Å². The van der Waals surface area contributed by atoms with Crippen LogP contribution in [0.15, 0.2) is 36.5 Å². The van der Waals surface area contributed by atoms with E-state index < -0.39 is 6.10 Å². The van der Waals surface area contributed by atoms with Crippen molar-refractivity contribution in [1.82, 2.24) is 9.88 Å². The smallest absolute Gasteiger partial charge is 0.0974 e. The molecule has 1 unspecified atom stereocenters. The minimum Gasteiger partial charge on any atom is -0.386 e. The van der Waals surface area contributed by atoms with Crippen LogP contribution in [0.25, 0.3) is 10.9 Å². The molecule has 20 heavy (non-hydrogen) atoms. The van der Waals surface area contributed by atoms with E-state index in [1.807, 2.05) is 30.3 Å². The largest absolute Gasteiger partial charge is 0.386 e. The van der Waals surface area contributed by atoms with Gasteiger partial charge < -0.3 is 5.11 Å². The topological polar surface area (TPSA) is 36.4 Å². The second-order valence-corrected chi connectivity index (χ2v) is 5.65. The number of hydrogen-bond acceptors (Lipinski definition) is 3. The Morgan fingerprint density at radius 1 is 1.15 bits per heavy atom. The van der Waals surface area contributed by atoms with E-state index in [1.54, 1.807) is 6.20 Å². The SMILES string of the molecule is CCN(CC)C(C)(C)C(O)c1cccc2ncccc12. The van der Waals surface area contributed by atoms with Gasteiger partial charge >= 0.3 is 0 Å². The molecule has 1 aromatic carbocycles. The number of fused-ring (bicyclic) bond motifs is 1. The van der Waals surface area contributed by atoms with Crippen molar-refractivity contribution in [3.05, 3.63) is 42.1 Å². The van der Waals surface area contributed by atoms with Gasteiger partial charge in [0.1, 0.15) is 0 Å². The molecule has 1 heterocycles. The van der Waals surface area contributed by atoms with Crippen LogP contribution < -0.4 is 0 Å². The van der Waals surface area contributed by atoms with Crippen molar-refractivity contribution in [2.24, 2.45) is 0 Å². The van der Waals surface area contributed by atoms with Crippen LogP contribution in [0, 0.1) is 0 Å². The summed E-state index contributed by atoms with van der Waals surface area (Å²) >= 11 is 0. The quantitative estimate of drug-likeness (QED) is 0.906. The molecule has 3 heteroatoms. The number of pyridine rings is 1. The van der Waals surface area contributed by atoms with Crippen LogP contribution in [-0.4, -0.2) is 33.6 Å². The van der Waals surface area contributed by atoms with Gasteiger partial charge in [0.15, 0.2) is 0 Å². The molecule has 0 spiro atoms. The van der Waals surface area contributed by atoms with Gasteiger partial charge in [0.05, 0.1) is 11.6 Å². The number of aromatic nitrogens is 1. The number of aliphatic hydroxyl groups excluding tert-OH is 1. The first-order chi connectivity index (χ1) is 9.52. The predicted molar refractivity (Wildman–Crippen MR) is 83.7 cm³/mol. The maximum Gasteiger partial charge on any atom is 0.0974 e. The van der Waals surface area contributed by atoms with E-state index in [2.05, 4.69) is 37.6 Å². The van der Waals surface area contributed by atoms with Crippen LogP contribution in [0.2, 0.25) is 0 Å². The first kappa shape index (κ1) is 14.9. The molecule has 0 aliphatic carbocycles. The Labute approximate surface area is 121 Å². The van der Waals surface area contributed by atoms with E-state index >= 15 is 0 Å². The summed E-state index contributed by atoms with van der Waals surface area (Å²) in [4.78, 5) is 6.65. The molecule has 0 saturated heterocycles. The Bertz CT molecular complexity index is 571. The van der Waals surface area contributed by atoms with E-state index in [4.69, 9.17) is 0 Å². The molecule has 2 aromatic rings. The number of nitrogens with zero attached hydrogens (tertiary/aromatic N) is 2. The molecular weight excluding hydrogens is 248 g/mol. The van der Waals surface area contributed by atoms with Gasteiger partial charge in [0.2, 0.25) is 0 Å². The second kappa shape index (κ2) is 5.90. The molecule has 108 valence electrons. The van der Waals surface area contributed by atoms with Crippen molar-refractivity contribution in [2.75, 3.05) is 13.1 Å². The fourth-order valence-electron chi connectivity index (χ4n) is 2.96. The highest BCUT2D eigenvalue weighted by molar-refractivity contribution is 5.82. The predicted octanol–water partition coefficient (Wildman–Crippen LogP) is 3.39. The molecule has 3 nitrogen and oxygen atoms in total. The van der Waals surface area contributed by atoms with E-state index in [1.165, 1.54) is 0 Å². The summed E-state index contributed by atoms with van der Waals surface area (Å²) in [5.74, 6) is 0. The van der Waals surface area contributed by atoms with Crippen LogP contribution in [-0.2, 0) is 0 Å². The molecular formula is C17H24N2O. The molecule has 0 saturated carbocycles. The monoisotopic (exact) mass is 272 g/mol. The van der Waals surface area contributed by atoms with Crippen molar-refractivity contribution in [3.8, 4) is 0 Å². The summed E-state index contributed by atoms with van der Waals surface area (Å²) in [5, 5.41) is 11.9.